The van der Waals surface area contributed by atoms with Crippen molar-refractivity contribution in [1.29, 1.82) is 0 Å². The van der Waals surface area contributed by atoms with Gasteiger partial charge in [0.25, 0.3) is 0 Å². The summed E-state index contributed by atoms with van der Waals surface area (Å²) in [5, 5.41) is 18.6. The number of hydrogen-bond acceptors (Lipinski definition) is 8. The molecule has 2 aromatic heterocycles. The van der Waals surface area contributed by atoms with Gasteiger partial charge in [0.15, 0.2) is 5.82 Å². The summed E-state index contributed by atoms with van der Waals surface area (Å²) in [4.78, 5) is 19.9. The Morgan fingerprint density at radius 3 is 1.95 bits per heavy atom. The Morgan fingerprint density at radius 2 is 1.30 bits per heavy atom. The molecule has 0 aliphatic carbocycles. The Hall–Kier alpha value is -6.97. The maximum atomic E-state index is 12.9. The SMILES string of the molecule is COC(=O)[C@@H]1C[C@H](NCc2ccc(-c3ccccc3-c3nnnn3C(c3ccccc3)(c3ccccc3)c3ccccc3)cc2)CN1c1ccc2ccccc2n1. The summed E-state index contributed by atoms with van der Waals surface area (Å²) in [5.74, 6) is 1.17. The van der Waals surface area contributed by atoms with Gasteiger partial charge < -0.3 is 15.0 Å². The standard InChI is InChI=1S/C48H41N7O2/c1-57-47(56)44-31-40(33-54(44)45-30-29-36-15-11-14-24-43(36)50-45)49-32-34-25-27-35(28-26-34)41-22-12-13-23-42(41)46-51-52-53-55(46)48(37-16-5-2-6-17-37,38-18-7-3-8-19-38)39-20-9-4-10-21-39/h2-30,40,44,49H,31-33H2,1H3/t40-,44-/m0/s1. The van der Waals surface area contributed by atoms with Crippen LogP contribution in [-0.4, -0.2) is 56.9 Å². The van der Waals surface area contributed by atoms with Gasteiger partial charge in [0.1, 0.15) is 17.4 Å². The quantitative estimate of drug-likeness (QED) is 0.104. The number of anilines is 1. The van der Waals surface area contributed by atoms with E-state index in [2.05, 4.69) is 137 Å². The van der Waals surface area contributed by atoms with E-state index < -0.39 is 11.6 Å². The maximum Gasteiger partial charge on any atom is 0.328 e. The smallest absolute Gasteiger partial charge is 0.328 e. The minimum atomic E-state index is -0.863. The number of esters is 1. The number of benzene rings is 6. The van der Waals surface area contributed by atoms with Crippen LogP contribution in [0.15, 0.2) is 176 Å². The van der Waals surface area contributed by atoms with Crippen molar-refractivity contribution in [3.8, 4) is 22.5 Å². The van der Waals surface area contributed by atoms with E-state index in [-0.39, 0.29) is 12.0 Å². The molecule has 2 atom stereocenters. The lowest BCUT2D eigenvalue weighted by molar-refractivity contribution is -0.142. The Kier molecular flexibility index (Phi) is 9.80. The molecule has 9 rings (SSSR count). The lowest BCUT2D eigenvalue weighted by Crippen LogP contribution is -2.39. The molecular formula is C48H41N7O2. The number of carbonyl (C=O) groups excluding carboxylic acids is 1. The summed E-state index contributed by atoms with van der Waals surface area (Å²) >= 11 is 0. The van der Waals surface area contributed by atoms with Gasteiger partial charge in [-0.15, -0.1) is 5.10 Å². The van der Waals surface area contributed by atoms with Gasteiger partial charge in [-0.1, -0.05) is 158 Å². The van der Waals surface area contributed by atoms with E-state index in [1.807, 2.05) is 59.3 Å². The molecule has 9 heteroatoms. The minimum Gasteiger partial charge on any atom is -0.467 e. The monoisotopic (exact) mass is 747 g/mol. The fourth-order valence-electron chi connectivity index (χ4n) is 8.29. The number of pyridine rings is 1. The van der Waals surface area contributed by atoms with Gasteiger partial charge in [-0.3, -0.25) is 0 Å². The summed E-state index contributed by atoms with van der Waals surface area (Å²) < 4.78 is 7.20. The van der Waals surface area contributed by atoms with E-state index >= 15 is 0 Å². The molecule has 1 aliphatic rings. The lowest BCUT2D eigenvalue weighted by atomic mass is 9.77. The molecule has 1 fully saturated rings. The number of fused-ring (bicyclic) bond motifs is 1. The fourth-order valence-corrected chi connectivity index (χ4v) is 8.29. The second-order valence-electron chi connectivity index (χ2n) is 14.3. The number of tetrazole rings is 1. The predicted octanol–water partition coefficient (Wildman–Crippen LogP) is 8.31. The third-order valence-corrected chi connectivity index (χ3v) is 11.0. The van der Waals surface area contributed by atoms with E-state index in [0.29, 0.717) is 25.3 Å². The van der Waals surface area contributed by atoms with Crippen molar-refractivity contribution in [3.63, 3.8) is 0 Å². The number of methoxy groups -OCH3 is 1. The molecule has 0 saturated carbocycles. The van der Waals surface area contributed by atoms with E-state index in [9.17, 15) is 4.79 Å². The molecule has 8 aromatic rings. The largest absolute Gasteiger partial charge is 0.467 e. The Bertz CT molecular complexity index is 2520. The fraction of sp³-hybridized carbons (Fsp3) is 0.146. The van der Waals surface area contributed by atoms with Gasteiger partial charge in [0.2, 0.25) is 0 Å². The van der Waals surface area contributed by atoms with Crippen LogP contribution in [-0.2, 0) is 21.6 Å². The molecular weight excluding hydrogens is 707 g/mol. The van der Waals surface area contributed by atoms with Crippen LogP contribution < -0.4 is 10.2 Å². The molecule has 1 N–H and O–H groups in total. The Balaban J connectivity index is 1.01. The van der Waals surface area contributed by atoms with Crippen molar-refractivity contribution >= 4 is 22.7 Å². The van der Waals surface area contributed by atoms with Crippen molar-refractivity contribution in [1.82, 2.24) is 30.5 Å². The minimum absolute atomic E-state index is 0.0701. The highest BCUT2D eigenvalue weighted by atomic mass is 16.5. The number of aromatic nitrogens is 5. The lowest BCUT2D eigenvalue weighted by Gasteiger charge is -2.36. The van der Waals surface area contributed by atoms with Crippen molar-refractivity contribution in [2.45, 2.75) is 30.6 Å². The summed E-state index contributed by atoms with van der Waals surface area (Å²) in [6.45, 7) is 1.28. The third kappa shape index (κ3) is 6.72. The second-order valence-corrected chi connectivity index (χ2v) is 14.3. The van der Waals surface area contributed by atoms with Crippen LogP contribution in [0.5, 0.6) is 0 Å². The van der Waals surface area contributed by atoms with Crippen molar-refractivity contribution in [2.24, 2.45) is 0 Å². The molecule has 6 aromatic carbocycles. The number of ether oxygens (including phenoxy) is 1. The summed E-state index contributed by atoms with van der Waals surface area (Å²) in [7, 11) is 1.45. The Labute approximate surface area is 331 Å². The summed E-state index contributed by atoms with van der Waals surface area (Å²) in [6, 6.07) is 59.9. The molecule has 0 amide bonds. The first-order chi connectivity index (χ1) is 28.1. The van der Waals surface area contributed by atoms with Gasteiger partial charge in [-0.05, 0) is 68.4 Å². The van der Waals surface area contributed by atoms with Crippen LogP contribution in [0.25, 0.3) is 33.4 Å². The molecule has 1 saturated heterocycles. The van der Waals surface area contributed by atoms with Crippen LogP contribution in [0, 0.1) is 0 Å². The number of nitrogens with one attached hydrogen (secondary N) is 1. The van der Waals surface area contributed by atoms with E-state index in [1.165, 1.54) is 7.11 Å². The average Bonchev–Trinajstić information content (AvgIpc) is 3.96. The van der Waals surface area contributed by atoms with Gasteiger partial charge in [0.05, 0.1) is 12.6 Å². The van der Waals surface area contributed by atoms with Gasteiger partial charge in [-0.25, -0.2) is 14.5 Å². The average molecular weight is 748 g/mol. The molecule has 3 heterocycles. The number of carbonyl (C=O) groups is 1. The van der Waals surface area contributed by atoms with Gasteiger partial charge >= 0.3 is 5.97 Å². The highest BCUT2D eigenvalue weighted by Gasteiger charge is 2.42. The summed E-state index contributed by atoms with van der Waals surface area (Å²) in [6.07, 6.45) is 0.623. The zero-order valence-corrected chi connectivity index (χ0v) is 31.5. The molecule has 0 spiro atoms. The molecule has 0 radical (unpaired) electrons. The molecule has 57 heavy (non-hydrogen) atoms. The molecule has 0 bridgehead atoms. The van der Waals surface area contributed by atoms with Crippen molar-refractivity contribution in [3.05, 3.63) is 198 Å². The maximum absolute atomic E-state index is 12.9. The van der Waals surface area contributed by atoms with E-state index in [4.69, 9.17) is 20.0 Å². The number of para-hydroxylation sites is 1. The van der Waals surface area contributed by atoms with Crippen LogP contribution >= 0.6 is 0 Å². The third-order valence-electron chi connectivity index (χ3n) is 11.0. The molecule has 280 valence electrons. The predicted molar refractivity (Wildman–Crippen MR) is 223 cm³/mol. The first-order valence-corrected chi connectivity index (χ1v) is 19.2. The molecule has 1 aliphatic heterocycles. The van der Waals surface area contributed by atoms with E-state index in [0.717, 1.165) is 55.7 Å². The zero-order valence-electron chi connectivity index (χ0n) is 31.5. The van der Waals surface area contributed by atoms with Crippen LogP contribution in [0.4, 0.5) is 5.82 Å². The second kappa shape index (κ2) is 15.6. The van der Waals surface area contributed by atoms with Crippen LogP contribution in [0.2, 0.25) is 0 Å². The number of rotatable bonds is 11. The normalized spacial score (nSPS) is 15.5. The number of hydrogen-bond donors (Lipinski definition) is 1. The number of nitrogens with zero attached hydrogens (tertiary/aromatic N) is 6. The zero-order chi connectivity index (χ0) is 38.6. The first kappa shape index (κ1) is 35.7. The van der Waals surface area contributed by atoms with Crippen molar-refractivity contribution in [2.75, 3.05) is 18.6 Å². The van der Waals surface area contributed by atoms with Crippen molar-refractivity contribution < 1.29 is 9.53 Å². The first-order valence-electron chi connectivity index (χ1n) is 19.2. The van der Waals surface area contributed by atoms with Gasteiger partial charge in [0, 0.05) is 30.1 Å². The van der Waals surface area contributed by atoms with Gasteiger partial charge in [-0.2, -0.15) is 0 Å². The van der Waals surface area contributed by atoms with Crippen LogP contribution in [0.1, 0.15) is 28.7 Å². The van der Waals surface area contributed by atoms with Crippen LogP contribution in [0.3, 0.4) is 0 Å². The summed E-state index contributed by atoms with van der Waals surface area (Å²) in [5.41, 5.74) is 7.29. The highest BCUT2D eigenvalue weighted by molar-refractivity contribution is 5.84. The molecule has 9 nitrogen and oxygen atoms in total. The Morgan fingerprint density at radius 1 is 0.702 bits per heavy atom. The molecule has 0 unspecified atom stereocenters. The highest BCUT2D eigenvalue weighted by Crippen LogP contribution is 2.43. The topological polar surface area (TPSA) is 98.1 Å². The van der Waals surface area contributed by atoms with E-state index in [1.54, 1.807) is 0 Å².